The second-order valence-electron chi connectivity index (χ2n) is 6.63. The van der Waals surface area contributed by atoms with Gasteiger partial charge in [-0.2, -0.15) is 0 Å². The average molecular weight is 406 g/mol. The highest BCUT2D eigenvalue weighted by Crippen LogP contribution is 2.39. The second-order valence-corrected chi connectivity index (χ2v) is 7.69. The molecule has 4 rings (SSSR count). The Hall–Kier alpha value is -2.14. The quantitative estimate of drug-likeness (QED) is 0.374. The van der Waals surface area contributed by atoms with Crippen molar-refractivity contribution < 1.29 is 10.0 Å². The van der Waals surface area contributed by atoms with Crippen LogP contribution in [0, 0.1) is 0 Å². The Morgan fingerprint density at radius 1 is 0.793 bits per heavy atom. The molecule has 0 saturated carbocycles. The Morgan fingerprint density at radius 2 is 1.45 bits per heavy atom. The van der Waals surface area contributed by atoms with Gasteiger partial charge in [0.2, 0.25) is 0 Å². The van der Waals surface area contributed by atoms with Crippen molar-refractivity contribution in [2.45, 2.75) is 47.0 Å². The predicted octanol–water partition coefficient (Wildman–Crippen LogP) is 6.62. The molecule has 0 spiro atoms. The van der Waals surface area contributed by atoms with E-state index in [-0.39, 0.29) is 0 Å². The lowest BCUT2D eigenvalue weighted by Crippen LogP contribution is -2.29. The Morgan fingerprint density at radius 3 is 2.10 bits per heavy atom. The lowest BCUT2D eigenvalue weighted by atomic mass is 9.79. The predicted molar refractivity (Wildman–Crippen MR) is 131 cm³/mol. The summed E-state index contributed by atoms with van der Waals surface area (Å²) in [5.41, 5.74) is 2.64. The van der Waals surface area contributed by atoms with Gasteiger partial charge in [-0.3, -0.25) is 0 Å². The zero-order valence-electron chi connectivity index (χ0n) is 17.9. The normalized spacial score (nSPS) is 10.1. The lowest BCUT2D eigenvalue weighted by Gasteiger charge is -2.06. The minimum Gasteiger partial charge on any atom is -0.423 e. The third-order valence-electron chi connectivity index (χ3n) is 4.61. The van der Waals surface area contributed by atoms with Gasteiger partial charge in [0.1, 0.15) is 0 Å². The fraction of sp³-hybridized carbons (Fsp3) is 0.280. The summed E-state index contributed by atoms with van der Waals surface area (Å²) >= 11 is 1.77. The van der Waals surface area contributed by atoms with E-state index >= 15 is 0 Å². The van der Waals surface area contributed by atoms with E-state index in [0.717, 1.165) is 11.1 Å². The van der Waals surface area contributed by atoms with Gasteiger partial charge in [0.15, 0.2) is 0 Å². The molecule has 0 unspecified atom stereocenters. The van der Waals surface area contributed by atoms with E-state index in [2.05, 4.69) is 56.3 Å². The highest BCUT2D eigenvalue weighted by atomic mass is 32.1. The highest BCUT2D eigenvalue weighted by molar-refractivity contribution is 7.26. The van der Waals surface area contributed by atoms with E-state index in [1.165, 1.54) is 39.4 Å². The fourth-order valence-corrected chi connectivity index (χ4v) is 4.43. The van der Waals surface area contributed by atoms with Gasteiger partial charge in [-0.05, 0) is 22.7 Å². The number of rotatable bonds is 4. The first-order valence-corrected chi connectivity index (χ1v) is 11.3. The largest absolute Gasteiger partial charge is 0.488 e. The number of benzene rings is 3. The average Bonchev–Trinajstić information content (AvgIpc) is 3.15. The summed E-state index contributed by atoms with van der Waals surface area (Å²) in [7, 11) is -1.44. The summed E-state index contributed by atoms with van der Waals surface area (Å²) in [6, 6.07) is 22.1. The van der Waals surface area contributed by atoms with Crippen molar-refractivity contribution in [2.75, 3.05) is 0 Å². The Kier molecular flexibility index (Phi) is 9.39. The van der Waals surface area contributed by atoms with Crippen molar-refractivity contribution in [3.8, 4) is 11.1 Å². The van der Waals surface area contributed by atoms with Gasteiger partial charge in [0, 0.05) is 20.2 Å². The lowest BCUT2D eigenvalue weighted by molar-refractivity contribution is 0.426. The minimum atomic E-state index is -1.44. The van der Waals surface area contributed by atoms with Crippen LogP contribution in [0.3, 0.4) is 0 Å². The molecule has 0 amide bonds. The first-order chi connectivity index (χ1) is 14.2. The maximum atomic E-state index is 9.38. The van der Waals surface area contributed by atoms with Gasteiger partial charge >= 0.3 is 7.12 Å². The molecule has 0 bridgehead atoms. The standard InChI is InChI=1S/C18H13BO2S.C5H12.C2H6/c20-19(21)13-6-3-5-12(11-13)14-8-4-9-16-15-7-1-2-10-17(15)22-18(14)16;1-3-5-4-2;1-2/h1-11,20-21H;3-5H2,1-2H3;1-2H3. The van der Waals surface area contributed by atoms with E-state index in [9.17, 15) is 10.0 Å². The topological polar surface area (TPSA) is 40.5 Å². The third kappa shape index (κ3) is 5.69. The molecule has 0 radical (unpaired) electrons. The molecule has 152 valence electrons. The van der Waals surface area contributed by atoms with E-state index in [1.807, 2.05) is 32.0 Å². The van der Waals surface area contributed by atoms with Gasteiger partial charge in [0.05, 0.1) is 0 Å². The molecule has 0 atom stereocenters. The molecular weight excluding hydrogens is 375 g/mol. The van der Waals surface area contributed by atoms with Crippen LogP contribution in [0.5, 0.6) is 0 Å². The summed E-state index contributed by atoms with van der Waals surface area (Å²) < 4.78 is 2.50. The maximum Gasteiger partial charge on any atom is 0.488 e. The van der Waals surface area contributed by atoms with Crippen LogP contribution in [-0.4, -0.2) is 17.2 Å². The van der Waals surface area contributed by atoms with E-state index in [0.29, 0.717) is 5.46 Å². The Labute approximate surface area is 179 Å². The van der Waals surface area contributed by atoms with Crippen LogP contribution >= 0.6 is 11.3 Å². The van der Waals surface area contributed by atoms with Crippen molar-refractivity contribution in [3.05, 3.63) is 66.7 Å². The first kappa shape index (κ1) is 23.1. The monoisotopic (exact) mass is 406 g/mol. The molecule has 0 aliphatic rings. The van der Waals surface area contributed by atoms with Crippen LogP contribution in [0.25, 0.3) is 31.3 Å². The summed E-state index contributed by atoms with van der Waals surface area (Å²) in [6.07, 6.45) is 4.08. The second kappa shape index (κ2) is 11.8. The van der Waals surface area contributed by atoms with Gasteiger partial charge in [-0.1, -0.05) is 108 Å². The van der Waals surface area contributed by atoms with Gasteiger partial charge < -0.3 is 10.0 Å². The first-order valence-electron chi connectivity index (χ1n) is 10.5. The summed E-state index contributed by atoms with van der Waals surface area (Å²) in [5.74, 6) is 0. The SMILES string of the molecule is CC.CCCCC.OB(O)c1cccc(-c2cccc3c2sc2ccccc23)c1. The number of fused-ring (bicyclic) bond motifs is 3. The summed E-state index contributed by atoms with van der Waals surface area (Å²) in [5, 5.41) is 21.3. The molecule has 2 N–H and O–H groups in total. The molecule has 29 heavy (non-hydrogen) atoms. The zero-order chi connectivity index (χ0) is 21.2. The van der Waals surface area contributed by atoms with Crippen molar-refractivity contribution in [2.24, 2.45) is 0 Å². The molecule has 0 aliphatic heterocycles. The molecule has 4 heteroatoms. The number of hydrogen-bond donors (Lipinski definition) is 2. The molecule has 0 aliphatic carbocycles. The molecule has 1 heterocycles. The van der Waals surface area contributed by atoms with Gasteiger partial charge in [-0.25, -0.2) is 0 Å². The van der Waals surface area contributed by atoms with Crippen LogP contribution < -0.4 is 5.46 Å². The Bertz CT molecular complexity index is 1020. The fourth-order valence-electron chi connectivity index (χ4n) is 3.19. The molecule has 0 fully saturated rings. The van der Waals surface area contributed by atoms with Crippen LogP contribution in [0.4, 0.5) is 0 Å². The highest BCUT2D eigenvalue weighted by Gasteiger charge is 2.14. The maximum absolute atomic E-state index is 9.38. The summed E-state index contributed by atoms with van der Waals surface area (Å²) in [6.45, 7) is 8.42. The number of hydrogen-bond acceptors (Lipinski definition) is 3. The molecule has 2 nitrogen and oxygen atoms in total. The molecular formula is C25H31BO2S. The minimum absolute atomic E-state index is 0.510. The van der Waals surface area contributed by atoms with Crippen LogP contribution in [0.1, 0.15) is 47.0 Å². The van der Waals surface area contributed by atoms with Crippen molar-refractivity contribution in [1.82, 2.24) is 0 Å². The van der Waals surface area contributed by atoms with Crippen molar-refractivity contribution >= 4 is 44.1 Å². The van der Waals surface area contributed by atoms with Crippen LogP contribution in [0.2, 0.25) is 0 Å². The van der Waals surface area contributed by atoms with Crippen LogP contribution in [0.15, 0.2) is 66.7 Å². The molecule has 3 aromatic carbocycles. The number of thiophene rings is 1. The van der Waals surface area contributed by atoms with Gasteiger partial charge in [-0.15, -0.1) is 11.3 Å². The van der Waals surface area contributed by atoms with Crippen molar-refractivity contribution in [3.63, 3.8) is 0 Å². The summed E-state index contributed by atoms with van der Waals surface area (Å²) in [4.78, 5) is 0. The molecule has 4 aromatic rings. The van der Waals surface area contributed by atoms with E-state index < -0.39 is 7.12 Å². The number of unbranched alkanes of at least 4 members (excludes halogenated alkanes) is 2. The van der Waals surface area contributed by atoms with Gasteiger partial charge in [0.25, 0.3) is 0 Å². The zero-order valence-corrected chi connectivity index (χ0v) is 18.7. The van der Waals surface area contributed by atoms with E-state index in [1.54, 1.807) is 17.4 Å². The molecule has 1 aromatic heterocycles. The Balaban J connectivity index is 0.000000378. The smallest absolute Gasteiger partial charge is 0.423 e. The van der Waals surface area contributed by atoms with E-state index in [4.69, 9.17) is 0 Å². The third-order valence-corrected chi connectivity index (χ3v) is 5.83. The van der Waals surface area contributed by atoms with Crippen molar-refractivity contribution in [1.29, 1.82) is 0 Å². The molecule has 0 saturated heterocycles. The van der Waals surface area contributed by atoms with Crippen LogP contribution in [-0.2, 0) is 0 Å².